The molecule has 3 fully saturated rings. The molecule has 11 atom stereocenters. The fraction of sp³-hybridized carbons (Fsp3) is 0.744. The number of hydrogen-bond donors (Lipinski definition) is 4. The zero-order valence-electron chi connectivity index (χ0n) is 36.2. The van der Waals surface area contributed by atoms with Gasteiger partial charge in [-0.25, -0.2) is 9.59 Å². The maximum atomic E-state index is 13.4. The summed E-state index contributed by atoms with van der Waals surface area (Å²) in [4.78, 5) is 64.0. The lowest BCUT2D eigenvalue weighted by molar-refractivity contribution is -0.348. The first-order valence-electron chi connectivity index (χ1n) is 20.6. The largest absolute Gasteiger partial charge is 0.466 e. The van der Waals surface area contributed by atoms with E-state index in [9.17, 15) is 44.4 Å². The first-order valence-corrected chi connectivity index (χ1v) is 20.6. The number of methoxy groups -OCH3 is 2. The van der Waals surface area contributed by atoms with Crippen molar-refractivity contribution < 1.29 is 82.3 Å². The van der Waals surface area contributed by atoms with Crippen LogP contribution in [-0.2, 0) is 61.9 Å². The number of rotatable bonds is 7. The summed E-state index contributed by atoms with van der Waals surface area (Å²) in [6, 6.07) is 0. The maximum Gasteiger partial charge on any atom is 0.330 e. The van der Waals surface area contributed by atoms with Crippen LogP contribution >= 0.6 is 0 Å². The minimum Gasteiger partial charge on any atom is -0.466 e. The molecule has 4 aliphatic heterocycles. The molecule has 0 aromatic rings. The Morgan fingerprint density at radius 2 is 1.57 bits per heavy atom. The van der Waals surface area contributed by atoms with Gasteiger partial charge in [0.2, 0.25) is 5.79 Å². The summed E-state index contributed by atoms with van der Waals surface area (Å²) < 4.78 is 46.4. The van der Waals surface area contributed by atoms with Crippen LogP contribution in [0.25, 0.3) is 0 Å². The second kappa shape index (κ2) is 20.0. The SMILES string of the molecule is CCCC(=O)OC1CC2CC(O)CC(=O)OC(C(C)O)CC3C/C(=C\C(=O)OC)C(OC(C)=O)C(O)(O3)C(C)(C)/C=C\C3C/C(=C\C(=O)OC)CC(CC(O)(O2)C1(C)C)O3. The fourth-order valence-electron chi connectivity index (χ4n) is 8.33. The van der Waals surface area contributed by atoms with Gasteiger partial charge in [0.1, 0.15) is 12.2 Å². The number of cyclic esters (lactones) is 1. The smallest absolute Gasteiger partial charge is 0.330 e. The van der Waals surface area contributed by atoms with E-state index in [-0.39, 0.29) is 56.9 Å². The van der Waals surface area contributed by atoms with Crippen molar-refractivity contribution in [2.45, 2.75) is 179 Å². The van der Waals surface area contributed by atoms with Crippen LogP contribution in [0.1, 0.15) is 113 Å². The van der Waals surface area contributed by atoms with Crippen molar-refractivity contribution in [3.63, 3.8) is 0 Å². The van der Waals surface area contributed by atoms with Gasteiger partial charge in [-0.3, -0.25) is 14.4 Å². The van der Waals surface area contributed by atoms with E-state index in [2.05, 4.69) is 0 Å². The van der Waals surface area contributed by atoms with E-state index in [0.717, 1.165) is 20.1 Å². The Labute approximate surface area is 351 Å². The van der Waals surface area contributed by atoms with Crippen LogP contribution in [0, 0.1) is 10.8 Å². The first kappa shape index (κ1) is 49.0. The van der Waals surface area contributed by atoms with Crippen LogP contribution in [0.3, 0.4) is 0 Å². The van der Waals surface area contributed by atoms with E-state index in [4.69, 9.17) is 37.9 Å². The van der Waals surface area contributed by atoms with Crippen molar-refractivity contribution >= 4 is 29.8 Å². The van der Waals surface area contributed by atoms with Crippen molar-refractivity contribution in [1.82, 2.24) is 0 Å². The molecule has 6 bridgehead atoms. The summed E-state index contributed by atoms with van der Waals surface area (Å²) in [5.74, 6) is -8.02. The van der Waals surface area contributed by atoms with Gasteiger partial charge in [-0.05, 0) is 38.2 Å². The number of aliphatic hydroxyl groups excluding tert-OH is 2. The number of carbonyl (C=O) groups is 5. The molecule has 17 heteroatoms. The minimum absolute atomic E-state index is 0.0876. The number of aliphatic hydroxyl groups is 4. The normalized spacial score (nSPS) is 37.1. The highest BCUT2D eigenvalue weighted by molar-refractivity contribution is 5.83. The van der Waals surface area contributed by atoms with E-state index in [1.165, 1.54) is 20.1 Å². The summed E-state index contributed by atoms with van der Waals surface area (Å²) in [5.41, 5.74) is -1.97. The fourth-order valence-corrected chi connectivity index (χ4v) is 8.33. The molecule has 3 saturated heterocycles. The lowest BCUT2D eigenvalue weighted by atomic mass is 9.70. The van der Waals surface area contributed by atoms with Crippen molar-refractivity contribution in [3.8, 4) is 0 Å². The van der Waals surface area contributed by atoms with Gasteiger partial charge in [0, 0.05) is 56.6 Å². The Bertz CT molecular complexity index is 1660. The molecule has 0 aromatic heterocycles. The quantitative estimate of drug-likeness (QED) is 0.124. The molecule has 0 amide bonds. The van der Waals surface area contributed by atoms with E-state index in [1.54, 1.807) is 39.8 Å². The molecule has 338 valence electrons. The molecule has 4 rings (SSSR count). The van der Waals surface area contributed by atoms with Crippen LogP contribution in [0.15, 0.2) is 35.5 Å². The highest BCUT2D eigenvalue weighted by Gasteiger charge is 2.59. The van der Waals surface area contributed by atoms with Crippen molar-refractivity contribution in [2.75, 3.05) is 14.2 Å². The lowest BCUT2D eigenvalue weighted by Gasteiger charge is -2.53. The number of esters is 5. The molecule has 0 saturated carbocycles. The summed E-state index contributed by atoms with van der Waals surface area (Å²) in [7, 11) is 2.40. The number of fused-ring (bicyclic) bond motifs is 6. The van der Waals surface area contributed by atoms with Crippen molar-refractivity contribution in [3.05, 3.63) is 35.5 Å². The molecule has 0 radical (unpaired) electrons. The zero-order chi connectivity index (χ0) is 44.8. The Morgan fingerprint density at radius 1 is 0.900 bits per heavy atom. The highest BCUT2D eigenvalue weighted by Crippen LogP contribution is 2.50. The van der Waals surface area contributed by atoms with Crippen LogP contribution in [0.4, 0.5) is 0 Å². The summed E-state index contributed by atoms with van der Waals surface area (Å²) in [6.45, 7) is 11.0. The highest BCUT2D eigenvalue weighted by atomic mass is 16.7. The maximum absolute atomic E-state index is 13.4. The van der Waals surface area contributed by atoms with Gasteiger partial charge in [-0.15, -0.1) is 0 Å². The molecule has 4 N–H and O–H groups in total. The third kappa shape index (κ3) is 11.8. The molecule has 4 aliphatic rings. The average Bonchev–Trinajstić information content (AvgIpc) is 3.13. The molecular formula is C43H64O17. The Hall–Kier alpha value is -3.71. The van der Waals surface area contributed by atoms with Crippen LogP contribution in [0.5, 0.6) is 0 Å². The molecule has 0 aromatic carbocycles. The molecule has 0 spiro atoms. The predicted molar refractivity (Wildman–Crippen MR) is 210 cm³/mol. The molecular weight excluding hydrogens is 788 g/mol. The predicted octanol–water partition coefficient (Wildman–Crippen LogP) is 3.17. The molecule has 4 heterocycles. The summed E-state index contributed by atoms with van der Waals surface area (Å²) in [6.07, 6.45) is -4.32. The number of ether oxygens (including phenoxy) is 8. The van der Waals surface area contributed by atoms with Crippen molar-refractivity contribution in [1.29, 1.82) is 0 Å². The number of hydrogen-bond acceptors (Lipinski definition) is 17. The van der Waals surface area contributed by atoms with E-state index < -0.39 is 114 Å². The Balaban J connectivity index is 1.88. The molecule has 60 heavy (non-hydrogen) atoms. The second-order valence-electron chi connectivity index (χ2n) is 17.5. The third-order valence-electron chi connectivity index (χ3n) is 11.9. The Morgan fingerprint density at radius 3 is 2.18 bits per heavy atom. The van der Waals surface area contributed by atoms with Gasteiger partial charge in [0.05, 0.1) is 62.7 Å². The van der Waals surface area contributed by atoms with E-state index in [0.29, 0.717) is 12.0 Å². The second-order valence-corrected chi connectivity index (χ2v) is 17.5. The van der Waals surface area contributed by atoms with Gasteiger partial charge in [0.15, 0.2) is 11.9 Å². The first-order chi connectivity index (χ1) is 27.9. The zero-order valence-corrected chi connectivity index (χ0v) is 36.2. The van der Waals surface area contributed by atoms with Crippen LogP contribution < -0.4 is 0 Å². The minimum atomic E-state index is -2.41. The van der Waals surface area contributed by atoms with Crippen LogP contribution in [0.2, 0.25) is 0 Å². The van der Waals surface area contributed by atoms with Gasteiger partial charge in [-0.1, -0.05) is 52.3 Å². The Kier molecular flexibility index (Phi) is 16.3. The number of carbonyl (C=O) groups excluding carboxylic acids is 5. The van der Waals surface area contributed by atoms with Gasteiger partial charge < -0.3 is 58.3 Å². The monoisotopic (exact) mass is 852 g/mol. The van der Waals surface area contributed by atoms with Crippen molar-refractivity contribution in [2.24, 2.45) is 10.8 Å². The lowest BCUT2D eigenvalue weighted by Crippen LogP contribution is -2.62. The van der Waals surface area contributed by atoms with E-state index >= 15 is 0 Å². The molecule has 0 aliphatic carbocycles. The summed E-state index contributed by atoms with van der Waals surface area (Å²) >= 11 is 0. The molecule has 17 nitrogen and oxygen atoms in total. The van der Waals surface area contributed by atoms with Crippen LogP contribution in [-0.4, -0.2) is 131 Å². The third-order valence-corrected chi connectivity index (χ3v) is 11.9. The van der Waals surface area contributed by atoms with Gasteiger partial charge in [0.25, 0.3) is 0 Å². The topological polar surface area (TPSA) is 240 Å². The average molecular weight is 853 g/mol. The standard InChI is InChI=1S/C43H64O17/c1-10-11-35(47)58-34-22-31-19-28(46)20-38(50)57-33(24(2)44)21-30-17-27(18-37(49)54-9)39(55-25(3)45)43(52,60-30)40(4,5)13-12-29-14-26(16-36(48)53-8)15-32(56-29)23-42(51,59-31)41(34,6)7/h12-13,16,18,24,28-34,39,44,46,51-52H,10-11,14-15,17,19-23H2,1-9H3/b13-12-,26-16+,27-18+. The van der Waals surface area contributed by atoms with Gasteiger partial charge in [-0.2, -0.15) is 0 Å². The van der Waals surface area contributed by atoms with Gasteiger partial charge >= 0.3 is 29.8 Å². The van der Waals surface area contributed by atoms with E-state index in [1.807, 2.05) is 6.92 Å². The molecule has 11 unspecified atom stereocenters. The summed E-state index contributed by atoms with van der Waals surface area (Å²) in [5, 5.41) is 47.2.